The molecule has 1 aliphatic carbocycles. The van der Waals surface area contributed by atoms with Gasteiger partial charge in [0, 0.05) is 17.8 Å². The van der Waals surface area contributed by atoms with Crippen LogP contribution in [0.3, 0.4) is 0 Å². The predicted molar refractivity (Wildman–Crippen MR) is 129 cm³/mol. The van der Waals surface area contributed by atoms with Crippen molar-refractivity contribution < 1.29 is 14.7 Å². The van der Waals surface area contributed by atoms with Crippen LogP contribution in [0.25, 0.3) is 0 Å². The smallest absolute Gasteiger partial charge is 0.322 e. The summed E-state index contributed by atoms with van der Waals surface area (Å²) < 4.78 is 0. The van der Waals surface area contributed by atoms with Crippen LogP contribution in [0, 0.1) is 23.2 Å². The molecule has 3 rings (SSSR count). The summed E-state index contributed by atoms with van der Waals surface area (Å²) in [5.74, 6) is -0.563. The molecule has 32 heavy (non-hydrogen) atoms. The first-order valence-electron chi connectivity index (χ1n) is 11.6. The van der Waals surface area contributed by atoms with E-state index in [1.807, 2.05) is 19.2 Å². The number of halogens is 1. The van der Waals surface area contributed by atoms with Crippen molar-refractivity contribution in [1.82, 2.24) is 10.2 Å². The summed E-state index contributed by atoms with van der Waals surface area (Å²) in [7, 11) is 0. The Kier molecular flexibility index (Phi) is 6.99. The van der Waals surface area contributed by atoms with Gasteiger partial charge in [-0.2, -0.15) is 0 Å². The average molecular weight is 461 g/mol. The van der Waals surface area contributed by atoms with Gasteiger partial charge in [0.15, 0.2) is 0 Å². The van der Waals surface area contributed by atoms with Gasteiger partial charge in [-0.25, -0.2) is 4.79 Å². The van der Waals surface area contributed by atoms with Crippen LogP contribution < -0.4 is 5.32 Å². The van der Waals surface area contributed by atoms with Crippen molar-refractivity contribution >= 4 is 23.6 Å². The maximum atomic E-state index is 13.0. The molecule has 5 nitrogen and oxygen atoms in total. The highest BCUT2D eigenvalue weighted by molar-refractivity contribution is 6.31. The number of carbonyl (C=O) groups is 2. The first-order chi connectivity index (χ1) is 14.8. The van der Waals surface area contributed by atoms with Crippen molar-refractivity contribution in [2.75, 3.05) is 6.54 Å². The Morgan fingerprint density at radius 1 is 1.31 bits per heavy atom. The van der Waals surface area contributed by atoms with Gasteiger partial charge in [-0.3, -0.25) is 4.79 Å². The average Bonchev–Trinajstić information content (AvgIpc) is 2.63. The van der Waals surface area contributed by atoms with E-state index >= 15 is 0 Å². The Labute approximate surface area is 197 Å². The third-order valence-electron chi connectivity index (χ3n) is 6.93. The molecule has 176 valence electrons. The second kappa shape index (κ2) is 9.09. The number of amides is 2. The lowest BCUT2D eigenvalue weighted by Gasteiger charge is -2.44. The molecule has 0 aromatic heterocycles. The first kappa shape index (κ1) is 24.6. The highest BCUT2D eigenvalue weighted by atomic mass is 35.5. The van der Waals surface area contributed by atoms with E-state index < -0.39 is 11.5 Å². The summed E-state index contributed by atoms with van der Waals surface area (Å²) in [5.41, 5.74) is 2.82. The fourth-order valence-electron chi connectivity index (χ4n) is 4.75. The minimum absolute atomic E-state index is 0.149. The van der Waals surface area contributed by atoms with Gasteiger partial charge in [0.1, 0.15) is 0 Å². The second-order valence-electron chi connectivity index (χ2n) is 11.2. The Hall–Kier alpha value is -2.01. The van der Waals surface area contributed by atoms with Crippen molar-refractivity contribution in [3.05, 3.63) is 46.1 Å². The lowest BCUT2D eigenvalue weighted by molar-refractivity contribution is -0.146. The Balaban J connectivity index is 1.82. The number of benzene rings is 1. The summed E-state index contributed by atoms with van der Waals surface area (Å²) in [6.45, 7) is 13.5. The van der Waals surface area contributed by atoms with Crippen molar-refractivity contribution in [2.45, 2.75) is 72.8 Å². The van der Waals surface area contributed by atoms with Crippen molar-refractivity contribution in [1.29, 1.82) is 0 Å². The van der Waals surface area contributed by atoms with Crippen molar-refractivity contribution in [3.8, 4) is 0 Å². The van der Waals surface area contributed by atoms with Crippen LogP contribution in [0.5, 0.6) is 0 Å². The van der Waals surface area contributed by atoms with Crippen LogP contribution in [0.2, 0.25) is 5.02 Å². The van der Waals surface area contributed by atoms with E-state index in [1.165, 1.54) is 0 Å². The number of hydrogen-bond acceptors (Lipinski definition) is 2. The number of carboxylic acid groups (broad SMARTS) is 1. The predicted octanol–water partition coefficient (Wildman–Crippen LogP) is 6.21. The molecule has 6 heteroatoms. The molecule has 1 saturated carbocycles. The molecule has 1 heterocycles. The van der Waals surface area contributed by atoms with Gasteiger partial charge in [-0.15, -0.1) is 0 Å². The number of aryl methyl sites for hydroxylation is 1. The normalized spacial score (nSPS) is 25.9. The van der Waals surface area contributed by atoms with E-state index in [0.29, 0.717) is 19.4 Å². The third-order valence-corrected chi connectivity index (χ3v) is 7.28. The van der Waals surface area contributed by atoms with E-state index in [4.69, 9.17) is 16.7 Å². The maximum Gasteiger partial charge on any atom is 0.322 e. The van der Waals surface area contributed by atoms with Crippen molar-refractivity contribution in [2.24, 2.45) is 23.2 Å². The van der Waals surface area contributed by atoms with E-state index in [9.17, 15) is 9.59 Å². The molecule has 1 aliphatic heterocycles. The SMILES string of the molecule is CC(C)C1=CN(CC2CC(C(=O)O)C2)C(=O)N[C@@]1(C)c1ccc(CCC(C)(C)C)c(Cl)c1. The zero-order valence-electron chi connectivity index (χ0n) is 20.2. The number of aliphatic carboxylic acids is 1. The minimum atomic E-state index is -0.738. The number of nitrogens with zero attached hydrogens (tertiary/aromatic N) is 1. The molecule has 1 atom stereocenters. The van der Waals surface area contributed by atoms with Gasteiger partial charge in [0.25, 0.3) is 0 Å². The molecule has 0 saturated heterocycles. The fourth-order valence-corrected chi connectivity index (χ4v) is 5.02. The largest absolute Gasteiger partial charge is 0.481 e. The topological polar surface area (TPSA) is 69.6 Å². The van der Waals surface area contributed by atoms with Crippen LogP contribution in [-0.4, -0.2) is 28.6 Å². The summed E-state index contributed by atoms with van der Waals surface area (Å²) >= 11 is 6.68. The van der Waals surface area contributed by atoms with Gasteiger partial charge >= 0.3 is 12.0 Å². The van der Waals surface area contributed by atoms with Gasteiger partial charge < -0.3 is 15.3 Å². The zero-order chi connectivity index (χ0) is 23.8. The molecular weight excluding hydrogens is 424 g/mol. The number of nitrogens with one attached hydrogen (secondary N) is 1. The summed E-state index contributed by atoms with van der Waals surface area (Å²) in [5, 5.41) is 13.1. The monoisotopic (exact) mass is 460 g/mol. The summed E-state index contributed by atoms with van der Waals surface area (Å²) in [4.78, 5) is 25.8. The standard InChI is InChI=1S/C26H37ClN2O3/c1-16(2)21-15-29(14-17-11-19(12-17)23(30)31)24(32)28-26(21,6)20-8-7-18(22(27)13-20)9-10-25(3,4)5/h7-8,13,15-17,19H,9-12,14H2,1-6H3,(H,28,32)(H,30,31)/t17?,19?,26-/m0/s1. The van der Waals surface area contributed by atoms with Gasteiger partial charge in [0.05, 0.1) is 11.5 Å². The quantitative estimate of drug-likeness (QED) is 0.508. The number of hydrogen-bond donors (Lipinski definition) is 2. The molecule has 2 aliphatic rings. The Morgan fingerprint density at radius 3 is 2.50 bits per heavy atom. The van der Waals surface area contributed by atoms with Gasteiger partial charge in [-0.05, 0) is 72.6 Å². The molecule has 1 aromatic rings. The lowest BCUT2D eigenvalue weighted by Crippen LogP contribution is -2.56. The number of rotatable bonds is 7. The van der Waals surface area contributed by atoms with Gasteiger partial charge in [-0.1, -0.05) is 58.4 Å². The minimum Gasteiger partial charge on any atom is -0.481 e. The van der Waals surface area contributed by atoms with Crippen LogP contribution >= 0.6 is 11.6 Å². The fraction of sp³-hybridized carbons (Fsp3) is 0.615. The number of carboxylic acids is 1. The molecule has 2 amide bonds. The van der Waals surface area contributed by atoms with Crippen LogP contribution in [-0.2, 0) is 16.8 Å². The molecule has 0 radical (unpaired) electrons. The molecule has 0 spiro atoms. The van der Waals surface area contributed by atoms with Crippen LogP contribution in [0.1, 0.15) is 71.9 Å². The van der Waals surface area contributed by atoms with E-state index in [2.05, 4.69) is 52.1 Å². The molecule has 0 unspecified atom stereocenters. The van der Waals surface area contributed by atoms with E-state index in [-0.39, 0.29) is 29.2 Å². The summed E-state index contributed by atoms with van der Waals surface area (Å²) in [6.07, 6.45) is 5.21. The zero-order valence-corrected chi connectivity index (χ0v) is 20.9. The highest BCUT2D eigenvalue weighted by Crippen LogP contribution is 2.40. The third kappa shape index (κ3) is 5.31. The van der Waals surface area contributed by atoms with Gasteiger partial charge in [0.2, 0.25) is 0 Å². The second-order valence-corrected chi connectivity index (χ2v) is 11.6. The molecule has 2 N–H and O–H groups in total. The van der Waals surface area contributed by atoms with Crippen molar-refractivity contribution in [3.63, 3.8) is 0 Å². The molecular formula is C26H37ClN2O3. The first-order valence-corrected chi connectivity index (χ1v) is 12.0. The number of urea groups is 1. The molecule has 0 bridgehead atoms. The summed E-state index contributed by atoms with van der Waals surface area (Å²) in [6, 6.07) is 6.02. The van der Waals surface area contributed by atoms with E-state index in [1.54, 1.807) is 4.90 Å². The highest BCUT2D eigenvalue weighted by Gasteiger charge is 2.42. The van der Waals surface area contributed by atoms with Crippen LogP contribution in [0.4, 0.5) is 4.79 Å². The maximum absolute atomic E-state index is 13.0. The van der Waals surface area contributed by atoms with E-state index in [0.717, 1.165) is 34.6 Å². The molecule has 1 fully saturated rings. The van der Waals surface area contributed by atoms with Crippen LogP contribution in [0.15, 0.2) is 30.0 Å². The lowest BCUT2D eigenvalue weighted by atomic mass is 9.74. The number of carbonyl (C=O) groups excluding carboxylic acids is 1. The molecule has 1 aromatic carbocycles. The Morgan fingerprint density at radius 2 is 1.97 bits per heavy atom. The Bertz CT molecular complexity index is 912.